The Morgan fingerprint density at radius 1 is 1.38 bits per heavy atom. The Kier molecular flexibility index (Phi) is 4.91. The molecule has 1 heterocycles. The number of rotatable bonds is 3. The van der Waals surface area contributed by atoms with E-state index in [0.717, 1.165) is 34.5 Å². The van der Waals surface area contributed by atoms with Crippen molar-refractivity contribution in [2.75, 3.05) is 6.61 Å². The quantitative estimate of drug-likeness (QED) is 0.612. The summed E-state index contributed by atoms with van der Waals surface area (Å²) in [5.74, 6) is 6.37. The van der Waals surface area contributed by atoms with Gasteiger partial charge in [0.15, 0.2) is 0 Å². The summed E-state index contributed by atoms with van der Waals surface area (Å²) < 4.78 is 7.19. The molecule has 0 bridgehead atoms. The van der Waals surface area contributed by atoms with E-state index in [1.165, 1.54) is 25.7 Å². The van der Waals surface area contributed by atoms with Crippen molar-refractivity contribution in [2.45, 2.75) is 50.2 Å². The number of benzene rings is 1. The summed E-state index contributed by atoms with van der Waals surface area (Å²) in [7, 11) is 0. The minimum absolute atomic E-state index is 0.100. The van der Waals surface area contributed by atoms with Gasteiger partial charge in [0.1, 0.15) is 0 Å². The Morgan fingerprint density at radius 2 is 2.14 bits per heavy atom. The van der Waals surface area contributed by atoms with E-state index in [1.807, 2.05) is 18.2 Å². The highest BCUT2D eigenvalue weighted by Gasteiger charge is 2.42. The van der Waals surface area contributed by atoms with Crippen molar-refractivity contribution < 1.29 is 4.74 Å². The third-order valence-corrected chi connectivity index (χ3v) is 5.95. The molecule has 1 aliphatic carbocycles. The van der Waals surface area contributed by atoms with E-state index >= 15 is 0 Å². The van der Waals surface area contributed by atoms with Crippen molar-refractivity contribution in [1.29, 1.82) is 0 Å². The fourth-order valence-corrected chi connectivity index (χ4v) is 4.62. The van der Waals surface area contributed by atoms with Crippen molar-refractivity contribution >= 4 is 27.5 Å². The van der Waals surface area contributed by atoms with Gasteiger partial charge in [-0.05, 0) is 55.4 Å². The maximum Gasteiger partial charge on any atom is 0.0686 e. The Labute approximate surface area is 139 Å². The molecule has 1 saturated heterocycles. The summed E-state index contributed by atoms with van der Waals surface area (Å²) in [6.07, 6.45) is 7.08. The molecule has 2 atom stereocenters. The standard InChI is InChI=1S/C16H22BrClN2O/c17-14-4-3-12(18)9-13(14)15(20-19)11-5-8-21-16(10-11)6-1-2-7-16/h3-4,9,11,15,20H,1-2,5-8,10,19H2. The predicted octanol–water partition coefficient (Wildman–Crippen LogP) is 4.35. The zero-order valence-corrected chi connectivity index (χ0v) is 14.4. The fraction of sp³-hybridized carbons (Fsp3) is 0.625. The molecule has 1 aliphatic heterocycles. The van der Waals surface area contributed by atoms with Crippen LogP contribution in [-0.4, -0.2) is 12.2 Å². The van der Waals surface area contributed by atoms with Crippen LogP contribution in [0.1, 0.15) is 50.1 Å². The average molecular weight is 374 g/mol. The number of hydrazine groups is 1. The summed E-state index contributed by atoms with van der Waals surface area (Å²) in [6, 6.07) is 6.00. The largest absolute Gasteiger partial charge is 0.375 e. The zero-order valence-electron chi connectivity index (χ0n) is 12.1. The van der Waals surface area contributed by atoms with Crippen LogP contribution in [0.25, 0.3) is 0 Å². The van der Waals surface area contributed by atoms with Crippen LogP contribution in [0.3, 0.4) is 0 Å². The van der Waals surface area contributed by atoms with E-state index in [9.17, 15) is 0 Å². The van der Waals surface area contributed by atoms with Gasteiger partial charge >= 0.3 is 0 Å². The molecule has 1 saturated carbocycles. The fourth-order valence-electron chi connectivity index (χ4n) is 3.95. The first-order chi connectivity index (χ1) is 10.1. The molecule has 2 unspecified atom stereocenters. The molecule has 2 fully saturated rings. The maximum absolute atomic E-state index is 6.16. The van der Waals surface area contributed by atoms with Gasteiger partial charge in [-0.2, -0.15) is 0 Å². The lowest BCUT2D eigenvalue weighted by Crippen LogP contribution is -2.43. The van der Waals surface area contributed by atoms with Crippen LogP contribution in [0.5, 0.6) is 0 Å². The first-order valence-corrected chi connectivity index (χ1v) is 8.86. The van der Waals surface area contributed by atoms with Crippen LogP contribution in [0.2, 0.25) is 5.02 Å². The van der Waals surface area contributed by atoms with E-state index in [2.05, 4.69) is 21.4 Å². The van der Waals surface area contributed by atoms with Crippen molar-refractivity contribution in [3.05, 3.63) is 33.3 Å². The molecule has 0 radical (unpaired) electrons. The lowest BCUT2D eigenvalue weighted by Gasteiger charge is -2.41. The van der Waals surface area contributed by atoms with Gasteiger partial charge in [0.2, 0.25) is 0 Å². The van der Waals surface area contributed by atoms with Gasteiger partial charge < -0.3 is 4.74 Å². The summed E-state index contributed by atoms with van der Waals surface area (Å²) in [4.78, 5) is 0. The second kappa shape index (κ2) is 6.55. The molecule has 116 valence electrons. The number of halogens is 2. The predicted molar refractivity (Wildman–Crippen MR) is 89.1 cm³/mol. The van der Waals surface area contributed by atoms with Crippen LogP contribution < -0.4 is 11.3 Å². The van der Waals surface area contributed by atoms with Crippen LogP contribution in [0.4, 0.5) is 0 Å². The highest BCUT2D eigenvalue weighted by molar-refractivity contribution is 9.10. The molecular formula is C16H22BrClN2O. The zero-order chi connectivity index (χ0) is 14.9. The second-order valence-corrected chi connectivity index (χ2v) is 7.59. The molecule has 3 nitrogen and oxygen atoms in total. The van der Waals surface area contributed by atoms with Gasteiger partial charge in [0.05, 0.1) is 11.6 Å². The first kappa shape index (κ1) is 15.8. The smallest absolute Gasteiger partial charge is 0.0686 e. The van der Waals surface area contributed by atoms with E-state index < -0.39 is 0 Å². The molecule has 1 aromatic rings. The minimum atomic E-state index is 0.100. The lowest BCUT2D eigenvalue weighted by atomic mass is 9.79. The average Bonchev–Trinajstić information content (AvgIpc) is 2.91. The molecular weight excluding hydrogens is 352 g/mol. The second-order valence-electron chi connectivity index (χ2n) is 6.30. The summed E-state index contributed by atoms with van der Waals surface area (Å²) in [5, 5.41) is 0.746. The van der Waals surface area contributed by atoms with Crippen molar-refractivity contribution in [2.24, 2.45) is 11.8 Å². The van der Waals surface area contributed by atoms with E-state index in [1.54, 1.807) is 0 Å². The first-order valence-electron chi connectivity index (χ1n) is 7.69. The third kappa shape index (κ3) is 3.30. The van der Waals surface area contributed by atoms with Gasteiger partial charge in [0, 0.05) is 16.1 Å². The Hall–Kier alpha value is -0.130. The number of hydrogen-bond acceptors (Lipinski definition) is 3. The highest BCUT2D eigenvalue weighted by Crippen LogP contribution is 2.46. The summed E-state index contributed by atoms with van der Waals surface area (Å²) >= 11 is 9.79. The van der Waals surface area contributed by atoms with E-state index in [-0.39, 0.29) is 11.6 Å². The molecule has 0 aromatic heterocycles. The summed E-state index contributed by atoms with van der Waals surface area (Å²) in [5.41, 5.74) is 4.26. The topological polar surface area (TPSA) is 47.3 Å². The molecule has 21 heavy (non-hydrogen) atoms. The van der Waals surface area contributed by atoms with Crippen molar-refractivity contribution in [1.82, 2.24) is 5.43 Å². The number of nitrogens with two attached hydrogens (primary N) is 1. The van der Waals surface area contributed by atoms with E-state index in [4.69, 9.17) is 22.2 Å². The normalized spacial score (nSPS) is 26.1. The Bertz CT molecular complexity index is 505. The third-order valence-electron chi connectivity index (χ3n) is 4.99. The maximum atomic E-state index is 6.16. The molecule has 2 aliphatic rings. The molecule has 1 aromatic carbocycles. The molecule has 3 N–H and O–H groups in total. The van der Waals surface area contributed by atoms with E-state index in [0.29, 0.717) is 5.92 Å². The number of hydrogen-bond donors (Lipinski definition) is 2. The van der Waals surface area contributed by atoms with Gasteiger partial charge in [0.25, 0.3) is 0 Å². The monoisotopic (exact) mass is 372 g/mol. The Balaban J connectivity index is 1.84. The minimum Gasteiger partial charge on any atom is -0.375 e. The molecule has 1 spiro atoms. The molecule has 0 amide bonds. The van der Waals surface area contributed by atoms with Crippen molar-refractivity contribution in [3.8, 4) is 0 Å². The van der Waals surface area contributed by atoms with Crippen LogP contribution in [-0.2, 0) is 4.74 Å². The number of nitrogens with one attached hydrogen (secondary N) is 1. The van der Waals surface area contributed by atoms with Crippen LogP contribution >= 0.6 is 27.5 Å². The summed E-state index contributed by atoms with van der Waals surface area (Å²) in [6.45, 7) is 0.834. The Morgan fingerprint density at radius 3 is 2.86 bits per heavy atom. The molecule has 3 rings (SSSR count). The van der Waals surface area contributed by atoms with Gasteiger partial charge in [-0.25, -0.2) is 0 Å². The van der Waals surface area contributed by atoms with Gasteiger partial charge in [-0.15, -0.1) is 0 Å². The molecule has 5 heteroatoms. The van der Waals surface area contributed by atoms with Crippen LogP contribution in [0.15, 0.2) is 22.7 Å². The van der Waals surface area contributed by atoms with Gasteiger partial charge in [-0.1, -0.05) is 40.4 Å². The van der Waals surface area contributed by atoms with Gasteiger partial charge in [-0.3, -0.25) is 11.3 Å². The van der Waals surface area contributed by atoms with Crippen LogP contribution in [0, 0.1) is 5.92 Å². The van der Waals surface area contributed by atoms with Crippen molar-refractivity contribution in [3.63, 3.8) is 0 Å². The SMILES string of the molecule is NNC(c1cc(Cl)ccc1Br)C1CCOC2(CCCC2)C1. The number of ether oxygens (including phenoxy) is 1. The lowest BCUT2D eigenvalue weighted by molar-refractivity contribution is -0.0982. The highest BCUT2D eigenvalue weighted by atomic mass is 79.9.